The zero-order chi connectivity index (χ0) is 14.6. The van der Waals surface area contributed by atoms with Crippen molar-refractivity contribution in [2.75, 3.05) is 38.4 Å². The molecule has 0 aliphatic carbocycles. The van der Waals surface area contributed by atoms with E-state index in [-0.39, 0.29) is 5.54 Å². The Balaban J connectivity index is 2.07. The van der Waals surface area contributed by atoms with Crippen LogP contribution in [0.5, 0.6) is 0 Å². The normalized spacial score (nSPS) is 20.8. The molecule has 0 N–H and O–H groups in total. The summed E-state index contributed by atoms with van der Waals surface area (Å²) in [5, 5.41) is 0. The van der Waals surface area contributed by atoms with Crippen molar-refractivity contribution in [3.63, 3.8) is 0 Å². The number of benzene rings is 1. The number of ether oxygens (including phenoxy) is 2. The summed E-state index contributed by atoms with van der Waals surface area (Å²) in [6.07, 6.45) is 1.18. The van der Waals surface area contributed by atoms with Gasteiger partial charge in [0, 0.05) is 24.9 Å². The highest BCUT2D eigenvalue weighted by atomic mass is 16.5. The maximum atomic E-state index is 5.65. The van der Waals surface area contributed by atoms with Crippen molar-refractivity contribution in [3.8, 4) is 0 Å². The molecule has 1 heterocycles. The number of anilines is 1. The Bertz CT molecular complexity index is 431. The van der Waals surface area contributed by atoms with E-state index in [1.54, 1.807) is 7.11 Å². The Hall–Kier alpha value is -1.06. The molecule has 0 saturated heterocycles. The van der Waals surface area contributed by atoms with Crippen molar-refractivity contribution >= 4 is 5.69 Å². The first-order chi connectivity index (χ1) is 9.56. The van der Waals surface area contributed by atoms with Crippen LogP contribution in [0.15, 0.2) is 24.3 Å². The Morgan fingerprint density at radius 1 is 1.20 bits per heavy atom. The molecule has 1 atom stereocenters. The zero-order valence-electron chi connectivity index (χ0n) is 13.2. The van der Waals surface area contributed by atoms with Crippen LogP contribution in [0.1, 0.15) is 38.7 Å². The lowest BCUT2D eigenvalue weighted by atomic mass is 9.80. The summed E-state index contributed by atoms with van der Waals surface area (Å²) < 4.78 is 10.7. The molecule has 1 aromatic rings. The summed E-state index contributed by atoms with van der Waals surface area (Å²) in [6, 6.07) is 8.77. The Morgan fingerprint density at radius 2 is 1.95 bits per heavy atom. The highest BCUT2D eigenvalue weighted by Crippen LogP contribution is 2.42. The highest BCUT2D eigenvalue weighted by molar-refractivity contribution is 5.59. The van der Waals surface area contributed by atoms with E-state index in [9.17, 15) is 0 Å². The molecule has 2 rings (SSSR count). The summed E-state index contributed by atoms with van der Waals surface area (Å²) in [4.78, 5) is 2.50. The van der Waals surface area contributed by atoms with Gasteiger partial charge in [-0.05, 0) is 37.8 Å². The maximum Gasteiger partial charge on any atom is 0.0701 e. The van der Waals surface area contributed by atoms with Crippen LogP contribution in [0.3, 0.4) is 0 Å². The SMILES string of the molecule is COCCOCCN1c2ccccc2C(C)CC1(C)C. The van der Waals surface area contributed by atoms with Gasteiger partial charge in [0.25, 0.3) is 0 Å². The van der Waals surface area contributed by atoms with Crippen LogP contribution in [0.4, 0.5) is 5.69 Å². The van der Waals surface area contributed by atoms with E-state index in [4.69, 9.17) is 9.47 Å². The predicted molar refractivity (Wildman–Crippen MR) is 83.6 cm³/mol. The van der Waals surface area contributed by atoms with E-state index in [2.05, 4.69) is 49.9 Å². The number of nitrogens with zero attached hydrogens (tertiary/aromatic N) is 1. The third-order valence-electron chi connectivity index (χ3n) is 4.19. The van der Waals surface area contributed by atoms with E-state index in [0.717, 1.165) is 13.2 Å². The summed E-state index contributed by atoms with van der Waals surface area (Å²) in [5.74, 6) is 0.617. The number of hydrogen-bond acceptors (Lipinski definition) is 3. The third-order valence-corrected chi connectivity index (χ3v) is 4.19. The molecular weight excluding hydrogens is 250 g/mol. The summed E-state index contributed by atoms with van der Waals surface area (Å²) in [6.45, 7) is 9.99. The van der Waals surface area contributed by atoms with Gasteiger partial charge < -0.3 is 14.4 Å². The average molecular weight is 277 g/mol. The Morgan fingerprint density at radius 3 is 2.70 bits per heavy atom. The second-order valence-corrected chi connectivity index (χ2v) is 6.23. The first-order valence-electron chi connectivity index (χ1n) is 7.49. The molecular formula is C17H27NO2. The van der Waals surface area contributed by atoms with Crippen LogP contribution in [-0.4, -0.2) is 39.0 Å². The van der Waals surface area contributed by atoms with Gasteiger partial charge in [-0.15, -0.1) is 0 Å². The molecule has 1 aromatic carbocycles. The lowest BCUT2D eigenvalue weighted by Crippen LogP contribution is -2.49. The third kappa shape index (κ3) is 3.33. The first kappa shape index (κ1) is 15.3. The minimum absolute atomic E-state index is 0.179. The summed E-state index contributed by atoms with van der Waals surface area (Å²) >= 11 is 0. The van der Waals surface area contributed by atoms with Gasteiger partial charge in [0.15, 0.2) is 0 Å². The van der Waals surface area contributed by atoms with E-state index < -0.39 is 0 Å². The van der Waals surface area contributed by atoms with Crippen LogP contribution in [0.2, 0.25) is 0 Å². The smallest absolute Gasteiger partial charge is 0.0701 e. The first-order valence-corrected chi connectivity index (χ1v) is 7.49. The fourth-order valence-electron chi connectivity index (χ4n) is 3.27. The fraction of sp³-hybridized carbons (Fsp3) is 0.647. The van der Waals surface area contributed by atoms with Crippen molar-refractivity contribution < 1.29 is 9.47 Å². The molecule has 1 unspecified atom stereocenters. The van der Waals surface area contributed by atoms with Gasteiger partial charge in [-0.3, -0.25) is 0 Å². The van der Waals surface area contributed by atoms with Crippen LogP contribution in [-0.2, 0) is 9.47 Å². The number of methoxy groups -OCH3 is 1. The molecule has 0 aromatic heterocycles. The molecule has 0 fully saturated rings. The van der Waals surface area contributed by atoms with Crippen molar-refractivity contribution in [1.82, 2.24) is 0 Å². The second-order valence-electron chi connectivity index (χ2n) is 6.23. The lowest BCUT2D eigenvalue weighted by Gasteiger charge is -2.47. The number of fused-ring (bicyclic) bond motifs is 1. The standard InChI is InChI=1S/C17H27NO2/c1-14-13-17(2,3)18(9-10-20-12-11-19-4)16-8-6-5-7-15(14)16/h5-8,14H,9-13H2,1-4H3. The van der Waals surface area contributed by atoms with Crippen molar-refractivity contribution in [2.45, 2.75) is 38.6 Å². The highest BCUT2D eigenvalue weighted by Gasteiger charge is 2.35. The zero-order valence-corrected chi connectivity index (χ0v) is 13.2. The minimum Gasteiger partial charge on any atom is -0.382 e. The Kier molecular flexibility index (Phi) is 5.06. The molecule has 112 valence electrons. The predicted octanol–water partition coefficient (Wildman–Crippen LogP) is 3.44. The summed E-state index contributed by atoms with van der Waals surface area (Å²) in [7, 11) is 1.70. The maximum absolute atomic E-state index is 5.65. The molecule has 0 amide bonds. The van der Waals surface area contributed by atoms with Crippen molar-refractivity contribution in [2.24, 2.45) is 0 Å². The number of para-hydroxylation sites is 1. The Labute approximate surface area is 122 Å². The van der Waals surface area contributed by atoms with Gasteiger partial charge in [-0.1, -0.05) is 25.1 Å². The van der Waals surface area contributed by atoms with Gasteiger partial charge in [0.2, 0.25) is 0 Å². The van der Waals surface area contributed by atoms with Crippen molar-refractivity contribution in [1.29, 1.82) is 0 Å². The molecule has 0 saturated carbocycles. The molecule has 0 bridgehead atoms. The quantitative estimate of drug-likeness (QED) is 0.743. The second kappa shape index (κ2) is 6.59. The van der Waals surface area contributed by atoms with Gasteiger partial charge in [-0.25, -0.2) is 0 Å². The number of rotatable bonds is 6. The molecule has 0 radical (unpaired) electrons. The molecule has 1 aliphatic rings. The number of hydrogen-bond donors (Lipinski definition) is 0. The van der Waals surface area contributed by atoms with E-state index in [0.29, 0.717) is 19.1 Å². The van der Waals surface area contributed by atoms with E-state index in [1.807, 2.05) is 0 Å². The van der Waals surface area contributed by atoms with Crippen LogP contribution in [0, 0.1) is 0 Å². The van der Waals surface area contributed by atoms with Gasteiger partial charge in [0.05, 0.1) is 19.8 Å². The van der Waals surface area contributed by atoms with E-state index in [1.165, 1.54) is 17.7 Å². The average Bonchev–Trinajstić information content (AvgIpc) is 2.41. The monoisotopic (exact) mass is 277 g/mol. The lowest BCUT2D eigenvalue weighted by molar-refractivity contribution is 0.0722. The minimum atomic E-state index is 0.179. The van der Waals surface area contributed by atoms with Crippen LogP contribution in [0.25, 0.3) is 0 Å². The van der Waals surface area contributed by atoms with Crippen molar-refractivity contribution in [3.05, 3.63) is 29.8 Å². The fourth-order valence-corrected chi connectivity index (χ4v) is 3.27. The van der Waals surface area contributed by atoms with Gasteiger partial charge in [-0.2, -0.15) is 0 Å². The molecule has 3 nitrogen and oxygen atoms in total. The molecule has 0 spiro atoms. The van der Waals surface area contributed by atoms with Crippen LogP contribution < -0.4 is 4.90 Å². The molecule has 20 heavy (non-hydrogen) atoms. The molecule has 1 aliphatic heterocycles. The summed E-state index contributed by atoms with van der Waals surface area (Å²) in [5.41, 5.74) is 3.01. The van der Waals surface area contributed by atoms with Gasteiger partial charge in [0.1, 0.15) is 0 Å². The molecule has 3 heteroatoms. The largest absolute Gasteiger partial charge is 0.382 e. The van der Waals surface area contributed by atoms with Gasteiger partial charge >= 0.3 is 0 Å². The van der Waals surface area contributed by atoms with Crippen LogP contribution >= 0.6 is 0 Å². The van der Waals surface area contributed by atoms with E-state index >= 15 is 0 Å². The topological polar surface area (TPSA) is 21.7 Å².